The molecule has 3 rings (SSSR count). The molecule has 1 N–H and O–H groups in total. The lowest BCUT2D eigenvalue weighted by atomic mass is 10.1. The van der Waals surface area contributed by atoms with Gasteiger partial charge in [-0.3, -0.25) is 4.68 Å². The number of nitrogens with zero attached hydrogens (tertiary/aromatic N) is 2. The van der Waals surface area contributed by atoms with Gasteiger partial charge in [-0.05, 0) is 24.8 Å². The van der Waals surface area contributed by atoms with Crippen molar-refractivity contribution in [1.29, 1.82) is 0 Å². The van der Waals surface area contributed by atoms with Gasteiger partial charge in [0.15, 0.2) is 0 Å². The van der Waals surface area contributed by atoms with E-state index in [4.69, 9.17) is 9.47 Å². The van der Waals surface area contributed by atoms with Crippen LogP contribution in [0.25, 0.3) is 0 Å². The number of hydrogen-bond donors (Lipinski definition) is 1. The van der Waals surface area contributed by atoms with E-state index < -0.39 is 10.0 Å². The molecule has 0 aromatic carbocycles. The lowest BCUT2D eigenvalue weighted by Gasteiger charge is -2.22. The first kappa shape index (κ1) is 15.0. The highest BCUT2D eigenvalue weighted by Crippen LogP contribution is 2.29. The predicted molar refractivity (Wildman–Crippen MR) is 76.4 cm³/mol. The quantitative estimate of drug-likeness (QED) is 0.778. The zero-order valence-corrected chi connectivity index (χ0v) is 12.9. The molecule has 0 radical (unpaired) electrons. The summed E-state index contributed by atoms with van der Waals surface area (Å²) in [5, 5.41) is 4.30. The molecule has 0 bridgehead atoms. The number of methoxy groups -OCH3 is 1. The molecule has 7 nitrogen and oxygen atoms in total. The Labute approximate surface area is 124 Å². The van der Waals surface area contributed by atoms with Crippen LogP contribution in [0, 0.1) is 0 Å². The van der Waals surface area contributed by atoms with Gasteiger partial charge in [0.2, 0.25) is 10.0 Å². The molecule has 1 aliphatic heterocycles. The van der Waals surface area contributed by atoms with Gasteiger partial charge in [-0.2, -0.15) is 5.10 Å². The molecule has 1 aromatic rings. The largest absolute Gasteiger partial charge is 0.383 e. The van der Waals surface area contributed by atoms with Crippen LogP contribution in [0.3, 0.4) is 0 Å². The SMILES string of the molecule is COCCn1cc2c(n1)[C@H](CNS(=O)(=O)C1CC1)OCC2. The van der Waals surface area contributed by atoms with Gasteiger partial charge in [-0.1, -0.05) is 0 Å². The van der Waals surface area contributed by atoms with Crippen LogP contribution in [0.2, 0.25) is 0 Å². The average molecular weight is 315 g/mol. The molecule has 0 unspecified atom stereocenters. The van der Waals surface area contributed by atoms with E-state index in [2.05, 4.69) is 9.82 Å². The van der Waals surface area contributed by atoms with Gasteiger partial charge in [0, 0.05) is 19.9 Å². The summed E-state index contributed by atoms with van der Waals surface area (Å²) in [6.07, 6.45) is 4.04. The van der Waals surface area contributed by atoms with Gasteiger partial charge in [-0.25, -0.2) is 13.1 Å². The van der Waals surface area contributed by atoms with E-state index in [1.165, 1.54) is 0 Å². The summed E-state index contributed by atoms with van der Waals surface area (Å²) in [5.41, 5.74) is 1.98. The van der Waals surface area contributed by atoms with Gasteiger partial charge < -0.3 is 9.47 Å². The van der Waals surface area contributed by atoms with E-state index in [-0.39, 0.29) is 17.9 Å². The number of nitrogens with one attached hydrogen (secondary N) is 1. The summed E-state index contributed by atoms with van der Waals surface area (Å²) in [7, 11) is -1.53. The van der Waals surface area contributed by atoms with Crippen molar-refractivity contribution in [1.82, 2.24) is 14.5 Å². The molecule has 2 aliphatic rings. The van der Waals surface area contributed by atoms with Crippen molar-refractivity contribution in [3.05, 3.63) is 17.5 Å². The fourth-order valence-electron chi connectivity index (χ4n) is 2.47. The van der Waals surface area contributed by atoms with Gasteiger partial charge in [-0.15, -0.1) is 0 Å². The molecular formula is C13H21N3O4S. The lowest BCUT2D eigenvalue weighted by Crippen LogP contribution is -2.33. The summed E-state index contributed by atoms with van der Waals surface area (Å²) in [6, 6.07) is 0. The van der Waals surface area contributed by atoms with Crippen molar-refractivity contribution >= 4 is 10.0 Å². The normalized spacial score (nSPS) is 22.2. The van der Waals surface area contributed by atoms with Crippen molar-refractivity contribution in [2.24, 2.45) is 0 Å². The van der Waals surface area contributed by atoms with Crippen LogP contribution in [0.1, 0.15) is 30.2 Å². The Balaban J connectivity index is 1.66. The van der Waals surface area contributed by atoms with Crippen molar-refractivity contribution in [2.75, 3.05) is 26.9 Å². The smallest absolute Gasteiger partial charge is 0.214 e. The minimum atomic E-state index is -3.18. The molecule has 1 aliphatic carbocycles. The van der Waals surface area contributed by atoms with E-state index in [1.54, 1.807) is 7.11 Å². The Kier molecular flexibility index (Phi) is 4.30. The molecule has 118 valence electrons. The molecule has 21 heavy (non-hydrogen) atoms. The number of sulfonamides is 1. The molecule has 1 aromatic heterocycles. The second-order valence-corrected chi connectivity index (χ2v) is 7.54. The van der Waals surface area contributed by atoms with E-state index in [1.807, 2.05) is 10.9 Å². The summed E-state index contributed by atoms with van der Waals surface area (Å²) >= 11 is 0. The first-order chi connectivity index (χ1) is 10.1. The predicted octanol–water partition coefficient (Wildman–Crippen LogP) is 0.225. The fraction of sp³-hybridized carbons (Fsp3) is 0.769. The lowest BCUT2D eigenvalue weighted by molar-refractivity contribution is 0.0429. The summed E-state index contributed by atoms with van der Waals surface area (Å²) in [5.74, 6) is 0. The second-order valence-electron chi connectivity index (χ2n) is 5.50. The van der Waals surface area contributed by atoms with E-state index >= 15 is 0 Å². The zero-order chi connectivity index (χ0) is 14.9. The molecular weight excluding hydrogens is 294 g/mol. The van der Waals surface area contributed by atoms with E-state index in [9.17, 15) is 8.42 Å². The molecule has 2 heterocycles. The highest BCUT2D eigenvalue weighted by molar-refractivity contribution is 7.90. The Hall–Kier alpha value is -0.960. The van der Waals surface area contributed by atoms with Gasteiger partial charge in [0.05, 0.1) is 30.7 Å². The van der Waals surface area contributed by atoms with Crippen molar-refractivity contribution in [2.45, 2.75) is 37.2 Å². The maximum absolute atomic E-state index is 11.9. The van der Waals surface area contributed by atoms with Crippen LogP contribution in [-0.2, 0) is 32.5 Å². The maximum atomic E-state index is 11.9. The van der Waals surface area contributed by atoms with Gasteiger partial charge in [0.25, 0.3) is 0 Å². The third-order valence-corrected chi connectivity index (χ3v) is 5.74. The molecule has 1 atom stereocenters. The molecule has 0 amide bonds. The monoisotopic (exact) mass is 315 g/mol. The first-order valence-corrected chi connectivity index (χ1v) is 8.80. The van der Waals surface area contributed by atoms with Crippen LogP contribution < -0.4 is 4.72 Å². The summed E-state index contributed by atoms with van der Waals surface area (Å²) < 4.78 is 39.0. The number of ether oxygens (including phenoxy) is 2. The van der Waals surface area contributed by atoms with Crippen LogP contribution in [0.15, 0.2) is 6.20 Å². The molecule has 8 heteroatoms. The average Bonchev–Trinajstić information content (AvgIpc) is 3.24. The fourth-order valence-corrected chi connectivity index (χ4v) is 3.85. The molecule has 1 fully saturated rings. The third kappa shape index (κ3) is 3.45. The van der Waals surface area contributed by atoms with Crippen LogP contribution in [-0.4, -0.2) is 50.3 Å². The number of aromatic nitrogens is 2. The van der Waals surface area contributed by atoms with Crippen LogP contribution >= 0.6 is 0 Å². The van der Waals surface area contributed by atoms with Crippen LogP contribution in [0.5, 0.6) is 0 Å². The third-order valence-electron chi connectivity index (χ3n) is 3.82. The van der Waals surface area contributed by atoms with Gasteiger partial charge >= 0.3 is 0 Å². The first-order valence-electron chi connectivity index (χ1n) is 7.25. The molecule has 1 saturated carbocycles. The van der Waals surface area contributed by atoms with Crippen LogP contribution in [0.4, 0.5) is 0 Å². The molecule has 0 spiro atoms. The number of hydrogen-bond acceptors (Lipinski definition) is 5. The number of rotatable bonds is 7. The van der Waals surface area contributed by atoms with Crippen molar-refractivity contribution < 1.29 is 17.9 Å². The minimum Gasteiger partial charge on any atom is -0.383 e. The van der Waals surface area contributed by atoms with E-state index in [0.29, 0.717) is 19.8 Å². The van der Waals surface area contributed by atoms with Crippen molar-refractivity contribution in [3.63, 3.8) is 0 Å². The standard InChI is InChI=1S/C13H21N3O4S/c1-19-7-5-16-9-10-4-6-20-12(13(10)15-16)8-14-21(17,18)11-2-3-11/h9,11-12,14H,2-8H2,1H3/t12-/m0/s1. The highest BCUT2D eigenvalue weighted by Gasteiger charge is 2.36. The second kappa shape index (κ2) is 6.04. The van der Waals surface area contributed by atoms with E-state index in [0.717, 1.165) is 30.5 Å². The summed E-state index contributed by atoms with van der Waals surface area (Å²) in [4.78, 5) is 0. The van der Waals surface area contributed by atoms with Crippen molar-refractivity contribution in [3.8, 4) is 0 Å². The highest BCUT2D eigenvalue weighted by atomic mass is 32.2. The van der Waals surface area contributed by atoms with Gasteiger partial charge in [0.1, 0.15) is 6.10 Å². The number of fused-ring (bicyclic) bond motifs is 1. The maximum Gasteiger partial charge on any atom is 0.214 e. The summed E-state index contributed by atoms with van der Waals surface area (Å²) in [6.45, 7) is 2.14. The topological polar surface area (TPSA) is 82.5 Å². The minimum absolute atomic E-state index is 0.208. The Bertz CT molecular complexity index is 595. The Morgan fingerprint density at radius 2 is 2.33 bits per heavy atom. The Morgan fingerprint density at radius 1 is 1.52 bits per heavy atom. The Morgan fingerprint density at radius 3 is 3.05 bits per heavy atom. The zero-order valence-electron chi connectivity index (χ0n) is 12.1. The molecule has 0 saturated heterocycles.